The van der Waals surface area contributed by atoms with E-state index in [0.29, 0.717) is 20.7 Å². The van der Waals surface area contributed by atoms with E-state index in [2.05, 4.69) is 26.6 Å². The Hall–Kier alpha value is -3.95. The first kappa shape index (κ1) is 26.1. The predicted molar refractivity (Wildman–Crippen MR) is 145 cm³/mol. The summed E-state index contributed by atoms with van der Waals surface area (Å²) in [7, 11) is 0. The maximum atomic E-state index is 13.2. The molecular formula is C27H21BrClN3O5. The minimum Gasteiger partial charge on any atom is -0.483 e. The van der Waals surface area contributed by atoms with Gasteiger partial charge >= 0.3 is 6.03 Å². The summed E-state index contributed by atoms with van der Waals surface area (Å²) in [5, 5.41) is 5.27. The van der Waals surface area contributed by atoms with Crippen LogP contribution in [-0.2, 0) is 14.4 Å². The highest BCUT2D eigenvalue weighted by molar-refractivity contribution is 9.10. The molecule has 0 aliphatic carbocycles. The number of benzene rings is 3. The Morgan fingerprint density at radius 1 is 1.05 bits per heavy atom. The molecule has 3 aromatic carbocycles. The summed E-state index contributed by atoms with van der Waals surface area (Å²) < 4.78 is 6.37. The third-order valence-electron chi connectivity index (χ3n) is 5.59. The van der Waals surface area contributed by atoms with Crippen molar-refractivity contribution in [3.63, 3.8) is 0 Å². The number of nitrogens with one attached hydrogen (secondary N) is 2. The van der Waals surface area contributed by atoms with E-state index < -0.39 is 17.8 Å². The number of anilines is 2. The minimum absolute atomic E-state index is 0.210. The van der Waals surface area contributed by atoms with Gasteiger partial charge in [-0.3, -0.25) is 19.7 Å². The van der Waals surface area contributed by atoms with Crippen molar-refractivity contribution < 1.29 is 23.9 Å². The van der Waals surface area contributed by atoms with Gasteiger partial charge in [-0.1, -0.05) is 39.7 Å². The maximum Gasteiger partial charge on any atom is 0.335 e. The van der Waals surface area contributed by atoms with Crippen LogP contribution < -0.4 is 20.3 Å². The van der Waals surface area contributed by atoms with Crippen LogP contribution in [-0.4, -0.2) is 30.4 Å². The molecule has 4 rings (SSSR count). The SMILES string of the molecule is Cc1ccc(NC(=O)COc2ccc(Br)cc2/C=C2\C(=O)NC(=O)N(c3cccc(Cl)c3)C2=O)cc1C. The minimum atomic E-state index is -0.886. The number of rotatable bonds is 6. The van der Waals surface area contributed by atoms with Crippen LogP contribution in [0.4, 0.5) is 16.2 Å². The number of hydrogen-bond acceptors (Lipinski definition) is 5. The van der Waals surface area contributed by atoms with Gasteiger partial charge in [0.25, 0.3) is 17.7 Å². The fourth-order valence-corrected chi connectivity index (χ4v) is 4.15. The van der Waals surface area contributed by atoms with Gasteiger partial charge in [0.05, 0.1) is 5.69 Å². The zero-order chi connectivity index (χ0) is 26.7. The summed E-state index contributed by atoms with van der Waals surface area (Å²) in [6.07, 6.45) is 1.31. The van der Waals surface area contributed by atoms with Crippen molar-refractivity contribution in [2.24, 2.45) is 0 Å². The van der Waals surface area contributed by atoms with Crippen molar-refractivity contribution >= 4 is 68.7 Å². The first-order valence-electron chi connectivity index (χ1n) is 11.1. The van der Waals surface area contributed by atoms with Crippen LogP contribution in [0.2, 0.25) is 5.02 Å². The van der Waals surface area contributed by atoms with Gasteiger partial charge in [-0.05, 0) is 79.6 Å². The predicted octanol–water partition coefficient (Wildman–Crippen LogP) is 5.40. The molecule has 10 heteroatoms. The van der Waals surface area contributed by atoms with E-state index in [9.17, 15) is 19.2 Å². The molecule has 0 spiro atoms. The highest BCUT2D eigenvalue weighted by atomic mass is 79.9. The van der Waals surface area contributed by atoms with Crippen LogP contribution in [0.1, 0.15) is 16.7 Å². The monoisotopic (exact) mass is 581 g/mol. The van der Waals surface area contributed by atoms with Crippen LogP contribution in [0.3, 0.4) is 0 Å². The smallest absolute Gasteiger partial charge is 0.335 e. The van der Waals surface area contributed by atoms with E-state index in [-0.39, 0.29) is 29.5 Å². The summed E-state index contributed by atoms with van der Waals surface area (Å²) in [4.78, 5) is 51.5. The van der Waals surface area contributed by atoms with Gasteiger partial charge in [-0.2, -0.15) is 0 Å². The third kappa shape index (κ3) is 6.07. The number of nitrogens with zero attached hydrogens (tertiary/aromatic N) is 1. The second kappa shape index (κ2) is 11.0. The van der Waals surface area contributed by atoms with Gasteiger partial charge in [0.1, 0.15) is 11.3 Å². The lowest BCUT2D eigenvalue weighted by molar-refractivity contribution is -0.122. The Bertz CT molecular complexity index is 1470. The van der Waals surface area contributed by atoms with E-state index in [0.717, 1.165) is 16.0 Å². The van der Waals surface area contributed by atoms with E-state index in [1.165, 1.54) is 18.2 Å². The average Bonchev–Trinajstić information content (AvgIpc) is 2.83. The molecule has 1 aliphatic heterocycles. The number of hydrogen-bond donors (Lipinski definition) is 2. The Morgan fingerprint density at radius 2 is 1.84 bits per heavy atom. The number of carbonyl (C=O) groups excluding carboxylic acids is 4. The van der Waals surface area contributed by atoms with Gasteiger partial charge in [0.2, 0.25) is 0 Å². The van der Waals surface area contributed by atoms with E-state index >= 15 is 0 Å². The van der Waals surface area contributed by atoms with E-state index in [4.69, 9.17) is 16.3 Å². The number of urea groups is 1. The number of halogens is 2. The van der Waals surface area contributed by atoms with Crippen LogP contribution in [0.15, 0.2) is 70.7 Å². The van der Waals surface area contributed by atoms with Crippen molar-refractivity contribution in [2.45, 2.75) is 13.8 Å². The highest BCUT2D eigenvalue weighted by Gasteiger charge is 2.37. The number of carbonyl (C=O) groups is 4. The molecule has 2 N–H and O–H groups in total. The van der Waals surface area contributed by atoms with Crippen LogP contribution in [0.5, 0.6) is 5.75 Å². The van der Waals surface area contributed by atoms with Gasteiger partial charge in [0.15, 0.2) is 6.61 Å². The molecule has 1 heterocycles. The van der Waals surface area contributed by atoms with Crippen molar-refractivity contribution in [3.8, 4) is 5.75 Å². The first-order chi connectivity index (χ1) is 17.6. The molecule has 5 amide bonds. The fourth-order valence-electron chi connectivity index (χ4n) is 3.59. The first-order valence-corrected chi connectivity index (χ1v) is 12.3. The van der Waals surface area contributed by atoms with Crippen molar-refractivity contribution in [2.75, 3.05) is 16.8 Å². The zero-order valence-corrected chi connectivity index (χ0v) is 22.1. The van der Waals surface area contributed by atoms with Crippen molar-refractivity contribution in [3.05, 3.63) is 92.4 Å². The highest BCUT2D eigenvalue weighted by Crippen LogP contribution is 2.29. The summed E-state index contributed by atoms with van der Waals surface area (Å²) in [6, 6.07) is 15.8. The molecule has 0 unspecified atom stereocenters. The van der Waals surface area contributed by atoms with Gasteiger partial charge in [-0.25, -0.2) is 9.69 Å². The number of imide groups is 2. The second-order valence-corrected chi connectivity index (χ2v) is 9.61. The standard InChI is InChI=1S/C27H21BrClN3O5/c1-15-6-8-20(10-16(15)2)30-24(33)14-37-23-9-7-18(28)11-17(23)12-22-25(34)31-27(36)32(26(22)35)21-5-3-4-19(29)13-21/h3-13H,14H2,1-2H3,(H,30,33)(H,31,34,36)/b22-12+. The van der Waals surface area contributed by atoms with Gasteiger partial charge in [-0.15, -0.1) is 0 Å². The summed E-state index contributed by atoms with van der Waals surface area (Å²) in [5.41, 5.74) is 3.07. The van der Waals surface area contributed by atoms with E-state index in [1.807, 2.05) is 26.0 Å². The third-order valence-corrected chi connectivity index (χ3v) is 6.32. The molecule has 1 aliphatic rings. The zero-order valence-electron chi connectivity index (χ0n) is 19.8. The molecule has 0 bridgehead atoms. The molecule has 1 fully saturated rings. The van der Waals surface area contributed by atoms with Crippen molar-refractivity contribution in [1.29, 1.82) is 0 Å². The molecule has 0 atom stereocenters. The molecule has 188 valence electrons. The molecule has 1 saturated heterocycles. The molecule has 0 aromatic heterocycles. The summed E-state index contributed by atoms with van der Waals surface area (Å²) >= 11 is 9.38. The lowest BCUT2D eigenvalue weighted by Crippen LogP contribution is -2.54. The summed E-state index contributed by atoms with van der Waals surface area (Å²) in [5.74, 6) is -1.80. The lowest BCUT2D eigenvalue weighted by Gasteiger charge is -2.26. The lowest BCUT2D eigenvalue weighted by atomic mass is 10.1. The Morgan fingerprint density at radius 3 is 2.57 bits per heavy atom. The number of ether oxygens (including phenoxy) is 1. The quantitative estimate of drug-likeness (QED) is 0.299. The van der Waals surface area contributed by atoms with Crippen LogP contribution in [0.25, 0.3) is 6.08 Å². The second-order valence-electron chi connectivity index (χ2n) is 8.26. The number of barbiturate groups is 1. The summed E-state index contributed by atoms with van der Waals surface area (Å²) in [6.45, 7) is 3.62. The Kier molecular flexibility index (Phi) is 7.75. The number of amides is 5. The largest absolute Gasteiger partial charge is 0.483 e. The Balaban J connectivity index is 1.57. The Labute approximate surface area is 226 Å². The van der Waals surface area contributed by atoms with Gasteiger partial charge in [0, 0.05) is 20.7 Å². The topological polar surface area (TPSA) is 105 Å². The molecule has 3 aromatic rings. The molecule has 8 nitrogen and oxygen atoms in total. The number of aryl methyl sites for hydroxylation is 2. The fraction of sp³-hybridized carbons (Fsp3) is 0.111. The van der Waals surface area contributed by atoms with Gasteiger partial charge < -0.3 is 10.1 Å². The average molecular weight is 583 g/mol. The maximum absolute atomic E-state index is 13.2. The van der Waals surface area contributed by atoms with Crippen molar-refractivity contribution in [1.82, 2.24) is 5.32 Å². The molecule has 0 saturated carbocycles. The van der Waals surface area contributed by atoms with Crippen LogP contribution >= 0.6 is 27.5 Å². The molecular weight excluding hydrogens is 562 g/mol. The van der Waals surface area contributed by atoms with Crippen LogP contribution in [0, 0.1) is 13.8 Å². The van der Waals surface area contributed by atoms with E-state index in [1.54, 1.807) is 36.4 Å². The molecule has 37 heavy (non-hydrogen) atoms. The normalized spacial score (nSPS) is 14.5. The molecule has 0 radical (unpaired) electrons.